The first-order valence-electron chi connectivity index (χ1n) is 12.6. The smallest absolute Gasteiger partial charge is 0.270 e. The Morgan fingerprint density at radius 2 is 1.63 bits per heavy atom. The summed E-state index contributed by atoms with van der Waals surface area (Å²) in [7, 11) is 1.64. The summed E-state index contributed by atoms with van der Waals surface area (Å²) in [5, 5.41) is 0.996. The summed E-state index contributed by atoms with van der Waals surface area (Å²) in [6.07, 6.45) is 1.72. The van der Waals surface area contributed by atoms with Crippen molar-refractivity contribution in [3.05, 3.63) is 60.3 Å². The minimum atomic E-state index is -0.0175. The lowest BCUT2D eigenvalue weighted by Gasteiger charge is -2.39. The third kappa shape index (κ3) is 4.85. The predicted octanol–water partition coefficient (Wildman–Crippen LogP) is 4.01. The van der Waals surface area contributed by atoms with Crippen molar-refractivity contribution in [2.45, 2.75) is 19.8 Å². The van der Waals surface area contributed by atoms with Gasteiger partial charge in [-0.3, -0.25) is 9.59 Å². The molecule has 1 aromatic heterocycles. The molecule has 0 unspecified atom stereocenters. The molecular formula is C28H34N4O3. The van der Waals surface area contributed by atoms with Crippen molar-refractivity contribution in [1.82, 2.24) is 14.8 Å². The molecule has 184 valence electrons. The zero-order valence-corrected chi connectivity index (χ0v) is 20.6. The van der Waals surface area contributed by atoms with Gasteiger partial charge in [-0.2, -0.15) is 0 Å². The molecule has 0 radical (unpaired) electrons. The zero-order chi connectivity index (χ0) is 24.4. The molecule has 2 aliphatic heterocycles. The van der Waals surface area contributed by atoms with E-state index >= 15 is 0 Å². The van der Waals surface area contributed by atoms with E-state index in [4.69, 9.17) is 4.74 Å². The number of carbonyl (C=O) groups excluding carboxylic acids is 2. The van der Waals surface area contributed by atoms with Gasteiger partial charge in [0.1, 0.15) is 11.4 Å². The Hall–Kier alpha value is -3.48. The number of likely N-dealkylation sites (tertiary alicyclic amines) is 1. The summed E-state index contributed by atoms with van der Waals surface area (Å²) in [6.45, 7) is 6.70. The fourth-order valence-corrected chi connectivity index (χ4v) is 5.43. The van der Waals surface area contributed by atoms with Crippen molar-refractivity contribution in [2.24, 2.45) is 11.8 Å². The summed E-state index contributed by atoms with van der Waals surface area (Å²) >= 11 is 0. The van der Waals surface area contributed by atoms with E-state index in [2.05, 4.69) is 41.1 Å². The van der Waals surface area contributed by atoms with Gasteiger partial charge in [-0.05, 0) is 49.1 Å². The molecule has 2 amide bonds. The molecule has 0 saturated carbocycles. The molecule has 3 aromatic rings. The third-order valence-electron chi connectivity index (χ3n) is 7.70. The maximum absolute atomic E-state index is 13.2. The number of aromatic nitrogens is 1. The number of nitrogens with one attached hydrogen (secondary N) is 1. The van der Waals surface area contributed by atoms with Gasteiger partial charge in [0.2, 0.25) is 5.91 Å². The van der Waals surface area contributed by atoms with Crippen LogP contribution in [0.3, 0.4) is 0 Å². The molecule has 7 nitrogen and oxygen atoms in total. The number of H-pyrrole nitrogens is 1. The number of carbonyl (C=O) groups is 2. The minimum absolute atomic E-state index is 0.0175. The average Bonchev–Trinajstić information content (AvgIpc) is 3.36. The van der Waals surface area contributed by atoms with Crippen LogP contribution in [-0.2, 0) is 4.79 Å². The summed E-state index contributed by atoms with van der Waals surface area (Å²) in [4.78, 5) is 35.9. The molecule has 2 fully saturated rings. The van der Waals surface area contributed by atoms with Gasteiger partial charge in [-0.1, -0.05) is 25.1 Å². The first-order chi connectivity index (χ1) is 17.0. The first-order valence-corrected chi connectivity index (χ1v) is 12.6. The van der Waals surface area contributed by atoms with Gasteiger partial charge in [-0.25, -0.2) is 0 Å². The van der Waals surface area contributed by atoms with Gasteiger partial charge in [0, 0.05) is 67.8 Å². The van der Waals surface area contributed by atoms with E-state index in [0.717, 1.165) is 55.7 Å². The molecule has 1 N–H and O–H groups in total. The fraction of sp³-hybridized carbons (Fsp3) is 0.429. The highest BCUT2D eigenvalue weighted by atomic mass is 16.5. The quantitative estimate of drug-likeness (QED) is 0.607. The van der Waals surface area contributed by atoms with Crippen LogP contribution in [0, 0.1) is 11.8 Å². The van der Waals surface area contributed by atoms with Gasteiger partial charge in [0.15, 0.2) is 0 Å². The summed E-state index contributed by atoms with van der Waals surface area (Å²) in [5.41, 5.74) is 2.72. The number of benzene rings is 2. The van der Waals surface area contributed by atoms with Crippen LogP contribution < -0.4 is 9.64 Å². The van der Waals surface area contributed by atoms with E-state index in [-0.39, 0.29) is 17.7 Å². The normalized spacial score (nSPS) is 18.1. The molecular weight excluding hydrogens is 440 g/mol. The van der Waals surface area contributed by atoms with E-state index in [9.17, 15) is 9.59 Å². The Morgan fingerprint density at radius 3 is 2.31 bits per heavy atom. The molecule has 0 spiro atoms. The molecule has 7 heteroatoms. The molecule has 3 heterocycles. The van der Waals surface area contributed by atoms with Crippen molar-refractivity contribution < 1.29 is 14.3 Å². The molecule has 0 aliphatic carbocycles. The number of amides is 2. The van der Waals surface area contributed by atoms with Crippen LogP contribution in [0.15, 0.2) is 54.6 Å². The van der Waals surface area contributed by atoms with E-state index in [1.54, 1.807) is 7.11 Å². The number of piperazine rings is 1. The number of ether oxygens (including phenoxy) is 1. The van der Waals surface area contributed by atoms with Crippen molar-refractivity contribution in [3.8, 4) is 5.75 Å². The van der Waals surface area contributed by atoms with Gasteiger partial charge >= 0.3 is 0 Å². The maximum atomic E-state index is 13.2. The number of rotatable bonds is 5. The summed E-state index contributed by atoms with van der Waals surface area (Å²) in [5.74, 6) is 1.34. The zero-order valence-electron chi connectivity index (χ0n) is 20.6. The second-order valence-corrected chi connectivity index (χ2v) is 9.70. The molecule has 2 saturated heterocycles. The Balaban J connectivity index is 1.13. The number of hydrogen-bond donors (Lipinski definition) is 1. The summed E-state index contributed by atoms with van der Waals surface area (Å²) < 4.78 is 5.28. The van der Waals surface area contributed by atoms with E-state index in [1.807, 2.05) is 40.1 Å². The molecule has 35 heavy (non-hydrogen) atoms. The van der Waals surface area contributed by atoms with Gasteiger partial charge in [0.05, 0.1) is 7.11 Å². The molecule has 0 bridgehead atoms. The Kier molecular flexibility index (Phi) is 6.66. The van der Waals surface area contributed by atoms with Gasteiger partial charge in [0.25, 0.3) is 5.91 Å². The lowest BCUT2D eigenvalue weighted by Crippen LogP contribution is -2.51. The Bertz CT molecular complexity index is 1180. The van der Waals surface area contributed by atoms with Gasteiger partial charge in [-0.15, -0.1) is 0 Å². The summed E-state index contributed by atoms with van der Waals surface area (Å²) in [6, 6.07) is 18.1. The highest BCUT2D eigenvalue weighted by Crippen LogP contribution is 2.29. The van der Waals surface area contributed by atoms with Crippen LogP contribution >= 0.6 is 0 Å². The number of para-hydroxylation sites is 1. The standard InChI is InChI=1S/C28H34N4O3/c1-20(27(33)32-16-14-30(15-17-32)23-6-4-3-5-7-23)21-10-12-31(13-11-21)28(34)26-18-22-8-9-24(35-2)19-25(22)29-26/h3-9,18-21,29H,10-17H2,1-2H3/t20-/m0/s1. The van der Waals surface area contributed by atoms with Crippen LogP contribution in [0.1, 0.15) is 30.3 Å². The maximum Gasteiger partial charge on any atom is 0.270 e. The lowest BCUT2D eigenvalue weighted by molar-refractivity contribution is -0.137. The van der Waals surface area contributed by atoms with Crippen LogP contribution in [0.2, 0.25) is 0 Å². The highest BCUT2D eigenvalue weighted by molar-refractivity contribution is 5.98. The second-order valence-electron chi connectivity index (χ2n) is 9.70. The third-order valence-corrected chi connectivity index (χ3v) is 7.70. The first kappa shape index (κ1) is 23.3. The molecule has 2 aliphatic rings. The number of anilines is 1. The second kappa shape index (κ2) is 10.0. The number of aromatic amines is 1. The fourth-order valence-electron chi connectivity index (χ4n) is 5.43. The van der Waals surface area contributed by atoms with E-state index < -0.39 is 0 Å². The Morgan fingerprint density at radius 1 is 0.914 bits per heavy atom. The molecule has 2 aromatic carbocycles. The van der Waals surface area contributed by atoms with Crippen LogP contribution in [-0.4, -0.2) is 73.0 Å². The number of nitrogens with zero attached hydrogens (tertiary/aromatic N) is 3. The van der Waals surface area contributed by atoms with Crippen molar-refractivity contribution in [1.29, 1.82) is 0 Å². The highest BCUT2D eigenvalue weighted by Gasteiger charge is 2.33. The van der Waals surface area contributed by atoms with Gasteiger partial charge < -0.3 is 24.4 Å². The number of piperidine rings is 1. The molecule has 1 atom stereocenters. The SMILES string of the molecule is COc1ccc2cc(C(=O)N3CCC([C@H](C)C(=O)N4CCN(c5ccccc5)CC4)CC3)[nH]c2c1. The number of methoxy groups -OCH3 is 1. The van der Waals surface area contributed by atoms with Crippen LogP contribution in [0.5, 0.6) is 5.75 Å². The van der Waals surface area contributed by atoms with Crippen LogP contribution in [0.4, 0.5) is 5.69 Å². The van der Waals surface area contributed by atoms with Crippen LogP contribution in [0.25, 0.3) is 10.9 Å². The monoisotopic (exact) mass is 474 g/mol. The average molecular weight is 475 g/mol. The lowest BCUT2D eigenvalue weighted by atomic mass is 9.84. The minimum Gasteiger partial charge on any atom is -0.497 e. The molecule has 5 rings (SSSR count). The predicted molar refractivity (Wildman–Crippen MR) is 138 cm³/mol. The largest absolute Gasteiger partial charge is 0.497 e. The topological polar surface area (TPSA) is 68.9 Å². The van der Waals surface area contributed by atoms with E-state index in [1.165, 1.54) is 5.69 Å². The Labute approximate surface area is 206 Å². The van der Waals surface area contributed by atoms with Crippen molar-refractivity contribution >= 4 is 28.4 Å². The number of hydrogen-bond acceptors (Lipinski definition) is 4. The van der Waals surface area contributed by atoms with Crippen molar-refractivity contribution in [3.63, 3.8) is 0 Å². The number of fused-ring (bicyclic) bond motifs is 1. The van der Waals surface area contributed by atoms with Crippen molar-refractivity contribution in [2.75, 3.05) is 51.3 Å². The van der Waals surface area contributed by atoms with E-state index in [0.29, 0.717) is 24.7 Å².